The van der Waals surface area contributed by atoms with Crippen molar-refractivity contribution in [1.29, 1.82) is 0 Å². The molecule has 2 aromatic carbocycles. The molecule has 6 nitrogen and oxygen atoms in total. The summed E-state index contributed by atoms with van der Waals surface area (Å²) < 4.78 is 9.86. The monoisotopic (exact) mass is 355 g/mol. The molecule has 0 spiro atoms. The fraction of sp³-hybridized carbons (Fsp3) is 0.250. The first kappa shape index (κ1) is 19.2. The third kappa shape index (κ3) is 6.05. The second kappa shape index (κ2) is 9.36. The van der Waals surface area contributed by atoms with E-state index in [1.165, 1.54) is 0 Å². The number of hydrogen-bond donors (Lipinski definition) is 1. The molecule has 2 aromatic rings. The lowest BCUT2D eigenvalue weighted by Gasteiger charge is -2.08. The van der Waals surface area contributed by atoms with Crippen LogP contribution in [-0.2, 0) is 25.5 Å². The van der Waals surface area contributed by atoms with Gasteiger partial charge in [-0.1, -0.05) is 29.8 Å². The molecule has 0 saturated heterocycles. The number of aryl methyl sites for hydroxylation is 1. The van der Waals surface area contributed by atoms with Crippen LogP contribution in [0.1, 0.15) is 28.4 Å². The number of benzene rings is 2. The average molecular weight is 355 g/mol. The fourth-order valence-corrected chi connectivity index (χ4v) is 2.17. The van der Waals surface area contributed by atoms with Gasteiger partial charge in [0.25, 0.3) is 5.91 Å². The predicted molar refractivity (Wildman–Crippen MR) is 96.9 cm³/mol. The quantitative estimate of drug-likeness (QED) is 0.772. The van der Waals surface area contributed by atoms with Crippen molar-refractivity contribution in [2.75, 3.05) is 18.5 Å². The maximum absolute atomic E-state index is 11.9. The molecule has 2 rings (SSSR count). The molecule has 136 valence electrons. The Kier molecular flexibility index (Phi) is 6.91. The number of anilines is 1. The number of ether oxygens (including phenoxy) is 2. The summed E-state index contributed by atoms with van der Waals surface area (Å²) in [6.45, 7) is 3.62. The van der Waals surface area contributed by atoms with Crippen LogP contribution in [-0.4, -0.2) is 31.1 Å². The Balaban J connectivity index is 1.78. The van der Waals surface area contributed by atoms with E-state index in [4.69, 9.17) is 9.47 Å². The van der Waals surface area contributed by atoms with Crippen molar-refractivity contribution < 1.29 is 23.9 Å². The highest BCUT2D eigenvalue weighted by molar-refractivity contribution is 5.94. The van der Waals surface area contributed by atoms with Crippen molar-refractivity contribution in [3.63, 3.8) is 0 Å². The third-order valence-electron chi connectivity index (χ3n) is 3.51. The molecule has 26 heavy (non-hydrogen) atoms. The van der Waals surface area contributed by atoms with Crippen LogP contribution in [0.3, 0.4) is 0 Å². The molecule has 1 amide bonds. The highest BCUT2D eigenvalue weighted by Crippen LogP contribution is 2.11. The van der Waals surface area contributed by atoms with Gasteiger partial charge >= 0.3 is 11.9 Å². The summed E-state index contributed by atoms with van der Waals surface area (Å²) in [6, 6.07) is 13.8. The minimum Gasteiger partial charge on any atom is -0.462 e. The number of rotatable bonds is 7. The second-order valence-electron chi connectivity index (χ2n) is 5.67. The minimum absolute atomic E-state index is 0.113. The number of hydrogen-bond acceptors (Lipinski definition) is 5. The molecule has 0 aliphatic rings. The lowest BCUT2D eigenvalue weighted by atomic mass is 10.1. The van der Waals surface area contributed by atoms with E-state index < -0.39 is 17.8 Å². The summed E-state index contributed by atoms with van der Waals surface area (Å²) in [6.07, 6.45) is 0.113. The van der Waals surface area contributed by atoms with Gasteiger partial charge in [0, 0.05) is 5.69 Å². The summed E-state index contributed by atoms with van der Waals surface area (Å²) in [5, 5.41) is 2.60. The highest BCUT2D eigenvalue weighted by atomic mass is 16.5. The second-order valence-corrected chi connectivity index (χ2v) is 5.67. The maximum Gasteiger partial charge on any atom is 0.338 e. The standard InChI is InChI=1S/C20H21NO5/c1-3-25-20(24)16-8-10-17(11-9-16)21-18(22)13-26-19(23)12-15-6-4-14(2)5-7-15/h4-11H,3,12-13H2,1-2H3,(H,21,22). The molecule has 0 saturated carbocycles. The normalized spacial score (nSPS) is 10.1. The molecule has 0 aliphatic heterocycles. The van der Waals surface area contributed by atoms with Gasteiger partial charge in [-0.05, 0) is 43.7 Å². The average Bonchev–Trinajstić information content (AvgIpc) is 2.63. The van der Waals surface area contributed by atoms with Gasteiger partial charge in [-0.25, -0.2) is 4.79 Å². The Morgan fingerprint density at radius 3 is 2.19 bits per heavy atom. The third-order valence-corrected chi connectivity index (χ3v) is 3.51. The van der Waals surface area contributed by atoms with Crippen molar-refractivity contribution in [2.45, 2.75) is 20.3 Å². The van der Waals surface area contributed by atoms with Gasteiger partial charge in [-0.3, -0.25) is 9.59 Å². The van der Waals surface area contributed by atoms with E-state index in [0.29, 0.717) is 17.9 Å². The molecule has 0 aliphatic carbocycles. The van der Waals surface area contributed by atoms with Gasteiger partial charge in [0.1, 0.15) is 0 Å². The molecule has 0 unspecified atom stereocenters. The van der Waals surface area contributed by atoms with Gasteiger partial charge < -0.3 is 14.8 Å². The van der Waals surface area contributed by atoms with Crippen molar-refractivity contribution in [3.05, 3.63) is 65.2 Å². The van der Waals surface area contributed by atoms with E-state index in [-0.39, 0.29) is 13.0 Å². The van der Waals surface area contributed by atoms with E-state index in [0.717, 1.165) is 11.1 Å². The number of nitrogens with one attached hydrogen (secondary N) is 1. The Morgan fingerprint density at radius 2 is 1.58 bits per heavy atom. The van der Waals surface area contributed by atoms with Crippen LogP contribution in [0.25, 0.3) is 0 Å². The van der Waals surface area contributed by atoms with Gasteiger partial charge in [-0.15, -0.1) is 0 Å². The van der Waals surface area contributed by atoms with Gasteiger partial charge in [0.05, 0.1) is 18.6 Å². The Bertz CT molecular complexity index is 766. The molecular formula is C20H21NO5. The summed E-state index contributed by atoms with van der Waals surface area (Å²) in [5.41, 5.74) is 2.83. The summed E-state index contributed by atoms with van der Waals surface area (Å²) in [5.74, 6) is -1.34. The van der Waals surface area contributed by atoms with E-state index in [1.807, 2.05) is 31.2 Å². The number of amides is 1. The van der Waals surface area contributed by atoms with Gasteiger partial charge in [0.2, 0.25) is 0 Å². The first-order chi connectivity index (χ1) is 12.5. The molecule has 6 heteroatoms. The number of carbonyl (C=O) groups excluding carboxylic acids is 3. The summed E-state index contributed by atoms with van der Waals surface area (Å²) >= 11 is 0. The largest absolute Gasteiger partial charge is 0.462 e. The zero-order valence-corrected chi connectivity index (χ0v) is 14.8. The van der Waals surface area contributed by atoms with Crippen LogP contribution < -0.4 is 5.32 Å². The lowest BCUT2D eigenvalue weighted by molar-refractivity contribution is -0.146. The van der Waals surface area contributed by atoms with Crippen LogP contribution in [0.2, 0.25) is 0 Å². The van der Waals surface area contributed by atoms with E-state index >= 15 is 0 Å². The number of esters is 2. The molecule has 1 N–H and O–H groups in total. The van der Waals surface area contributed by atoms with Crippen molar-refractivity contribution >= 4 is 23.5 Å². The van der Waals surface area contributed by atoms with Crippen molar-refractivity contribution in [1.82, 2.24) is 0 Å². The van der Waals surface area contributed by atoms with Gasteiger partial charge in [-0.2, -0.15) is 0 Å². The maximum atomic E-state index is 11.9. The zero-order valence-electron chi connectivity index (χ0n) is 14.8. The smallest absolute Gasteiger partial charge is 0.338 e. The highest BCUT2D eigenvalue weighted by Gasteiger charge is 2.10. The number of carbonyl (C=O) groups is 3. The predicted octanol–water partition coefficient (Wildman–Crippen LogP) is 2.90. The molecule has 0 aromatic heterocycles. The SMILES string of the molecule is CCOC(=O)c1ccc(NC(=O)COC(=O)Cc2ccc(C)cc2)cc1. The van der Waals surface area contributed by atoms with E-state index in [9.17, 15) is 14.4 Å². The zero-order chi connectivity index (χ0) is 18.9. The molecule has 0 radical (unpaired) electrons. The van der Waals surface area contributed by atoms with Crippen molar-refractivity contribution in [3.8, 4) is 0 Å². The Morgan fingerprint density at radius 1 is 0.923 bits per heavy atom. The first-order valence-electron chi connectivity index (χ1n) is 8.26. The molecule has 0 bridgehead atoms. The van der Waals surface area contributed by atoms with Gasteiger partial charge in [0.15, 0.2) is 6.61 Å². The van der Waals surface area contributed by atoms with E-state index in [2.05, 4.69) is 5.32 Å². The molecule has 0 fully saturated rings. The Labute approximate surface area is 152 Å². The Hall–Kier alpha value is -3.15. The van der Waals surface area contributed by atoms with Crippen LogP contribution in [0, 0.1) is 6.92 Å². The molecule has 0 heterocycles. The molecular weight excluding hydrogens is 334 g/mol. The van der Waals surface area contributed by atoms with Crippen molar-refractivity contribution in [2.24, 2.45) is 0 Å². The molecule has 0 atom stereocenters. The fourth-order valence-electron chi connectivity index (χ4n) is 2.17. The lowest BCUT2D eigenvalue weighted by Crippen LogP contribution is -2.21. The van der Waals surface area contributed by atoms with Crippen LogP contribution in [0.5, 0.6) is 0 Å². The van der Waals surface area contributed by atoms with Crippen LogP contribution in [0.15, 0.2) is 48.5 Å². The van der Waals surface area contributed by atoms with Crippen LogP contribution >= 0.6 is 0 Å². The topological polar surface area (TPSA) is 81.7 Å². The first-order valence-corrected chi connectivity index (χ1v) is 8.26. The summed E-state index contributed by atoms with van der Waals surface area (Å²) in [4.78, 5) is 35.2. The summed E-state index contributed by atoms with van der Waals surface area (Å²) in [7, 11) is 0. The minimum atomic E-state index is -0.471. The van der Waals surface area contributed by atoms with E-state index in [1.54, 1.807) is 31.2 Å². The van der Waals surface area contributed by atoms with Crippen LogP contribution in [0.4, 0.5) is 5.69 Å².